The van der Waals surface area contributed by atoms with E-state index in [1.807, 2.05) is 6.92 Å². The average Bonchev–Trinajstić information content (AvgIpc) is 2.63. The molecule has 1 aromatic rings. The number of halogens is 1. The van der Waals surface area contributed by atoms with E-state index in [2.05, 4.69) is 13.8 Å². The summed E-state index contributed by atoms with van der Waals surface area (Å²) in [6.45, 7) is 7.73. The summed E-state index contributed by atoms with van der Waals surface area (Å²) >= 11 is 6.19. The Balaban J connectivity index is 1.93. The topological polar surface area (TPSA) is 65.1 Å². The van der Waals surface area contributed by atoms with Gasteiger partial charge in [-0.2, -0.15) is 0 Å². The van der Waals surface area contributed by atoms with Crippen LogP contribution in [0.1, 0.15) is 32.8 Å². The molecule has 1 amide bonds. The highest BCUT2D eigenvalue weighted by Crippen LogP contribution is 2.36. The molecular weight excluding hydrogens is 382 g/mol. The van der Waals surface area contributed by atoms with Crippen molar-refractivity contribution in [2.24, 2.45) is 11.8 Å². The van der Waals surface area contributed by atoms with Crippen LogP contribution in [0.4, 0.5) is 0 Å². The zero-order valence-electron chi connectivity index (χ0n) is 16.9. The first-order chi connectivity index (χ1) is 13.3. The number of ether oxygens (including phenoxy) is 3. The molecular formula is C21H28ClNO5. The molecule has 1 saturated heterocycles. The number of rotatable bonds is 7. The van der Waals surface area contributed by atoms with Crippen LogP contribution in [0.25, 0.3) is 6.08 Å². The standard InChI is InChI=1S/C21H28ClNO5/c1-5-27-18-10-16(9-17(22)21(18)26-4)6-7-20(25)28-13-19(24)23-11-14(2)8-15(3)12-23/h6-7,9-10,14-15H,5,8,11-13H2,1-4H3/b7-6+/t14-,15-/m0/s1. The number of amides is 1. The summed E-state index contributed by atoms with van der Waals surface area (Å²) in [6.07, 6.45) is 3.94. The van der Waals surface area contributed by atoms with E-state index in [0.717, 1.165) is 6.42 Å². The number of carbonyl (C=O) groups excluding carboxylic acids is 2. The van der Waals surface area contributed by atoms with E-state index in [9.17, 15) is 9.59 Å². The molecule has 7 heteroatoms. The summed E-state index contributed by atoms with van der Waals surface area (Å²) in [5, 5.41) is 0.380. The van der Waals surface area contributed by atoms with Crippen molar-refractivity contribution < 1.29 is 23.8 Å². The highest BCUT2D eigenvalue weighted by Gasteiger charge is 2.25. The Bertz CT molecular complexity index is 724. The van der Waals surface area contributed by atoms with E-state index in [-0.39, 0.29) is 12.5 Å². The fourth-order valence-electron chi connectivity index (χ4n) is 3.45. The SMILES string of the molecule is CCOc1cc(/C=C/C(=O)OCC(=O)N2C[C@@H](C)C[C@H](C)C2)cc(Cl)c1OC. The van der Waals surface area contributed by atoms with Gasteiger partial charge in [0.1, 0.15) is 0 Å². The smallest absolute Gasteiger partial charge is 0.331 e. The summed E-state index contributed by atoms with van der Waals surface area (Å²) in [4.78, 5) is 26.0. The molecule has 6 nitrogen and oxygen atoms in total. The second-order valence-electron chi connectivity index (χ2n) is 7.15. The summed E-state index contributed by atoms with van der Waals surface area (Å²) in [7, 11) is 1.51. The minimum atomic E-state index is -0.587. The van der Waals surface area contributed by atoms with Crippen LogP contribution in [0.3, 0.4) is 0 Å². The molecule has 0 spiro atoms. The predicted octanol–water partition coefficient (Wildman–Crippen LogP) is 3.81. The van der Waals surface area contributed by atoms with Crippen LogP contribution in [0, 0.1) is 11.8 Å². The molecule has 0 saturated carbocycles. The molecule has 1 fully saturated rings. The molecule has 0 N–H and O–H groups in total. The molecule has 1 aromatic carbocycles. The number of carbonyl (C=O) groups is 2. The number of hydrogen-bond acceptors (Lipinski definition) is 5. The van der Waals surface area contributed by atoms with Crippen LogP contribution < -0.4 is 9.47 Å². The fraction of sp³-hybridized carbons (Fsp3) is 0.524. The largest absolute Gasteiger partial charge is 0.491 e. The van der Waals surface area contributed by atoms with Gasteiger partial charge in [-0.1, -0.05) is 25.4 Å². The normalized spacial score (nSPS) is 19.5. The lowest BCUT2D eigenvalue weighted by Crippen LogP contribution is -2.44. The van der Waals surface area contributed by atoms with E-state index in [1.165, 1.54) is 13.2 Å². The van der Waals surface area contributed by atoms with Crippen molar-refractivity contribution in [3.63, 3.8) is 0 Å². The molecule has 0 bridgehead atoms. The molecule has 0 radical (unpaired) electrons. The first kappa shape index (κ1) is 22.1. The van der Waals surface area contributed by atoms with E-state index in [1.54, 1.807) is 23.1 Å². The Morgan fingerprint density at radius 2 is 1.93 bits per heavy atom. The molecule has 0 unspecified atom stereocenters. The molecule has 1 aliphatic rings. The summed E-state index contributed by atoms with van der Waals surface area (Å²) in [6, 6.07) is 3.38. The van der Waals surface area contributed by atoms with Gasteiger partial charge in [-0.25, -0.2) is 4.79 Å². The molecule has 1 heterocycles. The van der Waals surface area contributed by atoms with Gasteiger partial charge >= 0.3 is 5.97 Å². The van der Waals surface area contributed by atoms with Gasteiger partial charge in [0.15, 0.2) is 18.1 Å². The minimum absolute atomic E-state index is 0.161. The third-order valence-corrected chi connectivity index (χ3v) is 4.79. The van der Waals surface area contributed by atoms with E-state index >= 15 is 0 Å². The Hall–Kier alpha value is -2.21. The number of benzene rings is 1. The first-order valence-electron chi connectivity index (χ1n) is 9.47. The van der Waals surface area contributed by atoms with Gasteiger partial charge in [0.25, 0.3) is 5.91 Å². The lowest BCUT2D eigenvalue weighted by molar-refractivity contribution is -0.149. The molecule has 28 heavy (non-hydrogen) atoms. The van der Waals surface area contributed by atoms with Gasteiger partial charge < -0.3 is 19.1 Å². The van der Waals surface area contributed by atoms with Crippen molar-refractivity contribution in [2.45, 2.75) is 27.2 Å². The van der Waals surface area contributed by atoms with Crippen molar-refractivity contribution in [1.82, 2.24) is 4.90 Å². The van der Waals surface area contributed by atoms with E-state index < -0.39 is 5.97 Å². The number of esters is 1. The van der Waals surface area contributed by atoms with Crippen LogP contribution in [-0.4, -0.2) is 50.2 Å². The average molecular weight is 410 g/mol. The molecule has 2 rings (SSSR count). The minimum Gasteiger partial charge on any atom is -0.491 e. The predicted molar refractivity (Wildman–Crippen MR) is 109 cm³/mol. The monoisotopic (exact) mass is 409 g/mol. The second kappa shape index (κ2) is 10.4. The highest BCUT2D eigenvalue weighted by atomic mass is 35.5. The lowest BCUT2D eigenvalue weighted by atomic mass is 9.92. The van der Waals surface area contributed by atoms with Crippen molar-refractivity contribution >= 4 is 29.6 Å². The maximum absolute atomic E-state index is 12.3. The van der Waals surface area contributed by atoms with Crippen molar-refractivity contribution in [3.8, 4) is 11.5 Å². The lowest BCUT2D eigenvalue weighted by Gasteiger charge is -2.34. The van der Waals surface area contributed by atoms with Crippen LogP contribution in [-0.2, 0) is 14.3 Å². The number of piperidine rings is 1. The maximum atomic E-state index is 12.3. The van der Waals surface area contributed by atoms with E-state index in [4.69, 9.17) is 25.8 Å². The molecule has 2 atom stereocenters. The third kappa shape index (κ3) is 6.16. The molecule has 1 aliphatic heterocycles. The highest BCUT2D eigenvalue weighted by molar-refractivity contribution is 6.32. The van der Waals surface area contributed by atoms with Crippen molar-refractivity contribution in [1.29, 1.82) is 0 Å². The molecule has 154 valence electrons. The molecule has 0 aromatic heterocycles. The van der Waals surface area contributed by atoms with Gasteiger partial charge in [0, 0.05) is 19.2 Å². The fourth-order valence-corrected chi connectivity index (χ4v) is 3.74. The number of hydrogen-bond donors (Lipinski definition) is 0. The van der Waals surface area contributed by atoms with Gasteiger partial charge in [0.05, 0.1) is 18.7 Å². The van der Waals surface area contributed by atoms with Crippen LogP contribution in [0.2, 0.25) is 5.02 Å². The Kier molecular flexibility index (Phi) is 8.18. The quantitative estimate of drug-likeness (QED) is 0.506. The van der Waals surface area contributed by atoms with Crippen molar-refractivity contribution in [3.05, 3.63) is 28.8 Å². The van der Waals surface area contributed by atoms with Crippen molar-refractivity contribution in [2.75, 3.05) is 33.4 Å². The zero-order valence-corrected chi connectivity index (χ0v) is 17.6. The van der Waals surface area contributed by atoms with Crippen LogP contribution >= 0.6 is 11.6 Å². The Morgan fingerprint density at radius 3 is 2.54 bits per heavy atom. The van der Waals surface area contributed by atoms with Crippen LogP contribution in [0.5, 0.6) is 11.5 Å². The number of likely N-dealkylation sites (tertiary alicyclic amines) is 1. The van der Waals surface area contributed by atoms with Gasteiger partial charge in [0.2, 0.25) is 0 Å². The Morgan fingerprint density at radius 1 is 1.25 bits per heavy atom. The summed E-state index contributed by atoms with van der Waals surface area (Å²) in [5.41, 5.74) is 0.663. The van der Waals surface area contributed by atoms with Gasteiger partial charge in [-0.05, 0) is 49.0 Å². The van der Waals surface area contributed by atoms with Gasteiger partial charge in [-0.3, -0.25) is 4.79 Å². The summed E-state index contributed by atoms with van der Waals surface area (Å²) < 4.78 is 15.8. The van der Waals surface area contributed by atoms with Gasteiger partial charge in [-0.15, -0.1) is 0 Å². The second-order valence-corrected chi connectivity index (χ2v) is 7.56. The first-order valence-corrected chi connectivity index (χ1v) is 9.84. The number of methoxy groups -OCH3 is 1. The molecule has 0 aliphatic carbocycles. The zero-order chi connectivity index (χ0) is 20.7. The Labute approximate surface area is 171 Å². The van der Waals surface area contributed by atoms with Crippen LogP contribution in [0.15, 0.2) is 18.2 Å². The maximum Gasteiger partial charge on any atom is 0.331 e. The number of nitrogens with zero attached hydrogens (tertiary/aromatic N) is 1. The van der Waals surface area contributed by atoms with E-state index in [0.29, 0.717) is 53.6 Å². The summed E-state index contributed by atoms with van der Waals surface area (Å²) in [5.74, 6) is 1.11. The third-order valence-electron chi connectivity index (χ3n) is 4.51.